The second-order valence-corrected chi connectivity index (χ2v) is 5.90. The normalized spacial score (nSPS) is 24.1. The molecule has 1 saturated carbocycles. The summed E-state index contributed by atoms with van der Waals surface area (Å²) in [5, 5.41) is 0. The molecule has 0 amide bonds. The number of piperidine rings is 1. The molecule has 2 fully saturated rings. The minimum Gasteiger partial charge on any atom is -0.381 e. The third-order valence-electron chi connectivity index (χ3n) is 4.70. The van der Waals surface area contributed by atoms with E-state index in [2.05, 4.69) is 16.0 Å². The summed E-state index contributed by atoms with van der Waals surface area (Å²) in [7, 11) is 1.84. The van der Waals surface area contributed by atoms with Crippen molar-refractivity contribution in [2.45, 2.75) is 38.3 Å². The van der Waals surface area contributed by atoms with Crippen LogP contribution in [0.4, 0.5) is 0 Å². The Bertz CT molecular complexity index is 377. The molecule has 3 rings (SSSR count). The summed E-state index contributed by atoms with van der Waals surface area (Å²) in [5.74, 6) is 0. The van der Waals surface area contributed by atoms with Gasteiger partial charge in [-0.3, -0.25) is 9.88 Å². The molecule has 0 aromatic carbocycles. The van der Waals surface area contributed by atoms with Crippen molar-refractivity contribution < 1.29 is 4.74 Å². The minimum atomic E-state index is 0.537. The molecule has 1 aliphatic heterocycles. The van der Waals surface area contributed by atoms with Crippen molar-refractivity contribution in [3.63, 3.8) is 0 Å². The number of likely N-dealkylation sites (tertiary alicyclic amines) is 1. The van der Waals surface area contributed by atoms with Gasteiger partial charge in [0, 0.05) is 26.0 Å². The van der Waals surface area contributed by atoms with Crippen LogP contribution in [0.5, 0.6) is 0 Å². The van der Waals surface area contributed by atoms with Crippen LogP contribution >= 0.6 is 0 Å². The predicted molar refractivity (Wildman–Crippen MR) is 71.2 cm³/mol. The standard InChI is InChI=1S/C15H22N2O/c1-18-14-9-15(10-14)4-7-17(8-5-15)12-13-3-2-6-16-11-13/h2-3,6,11,14H,4-5,7-10,12H2,1H3. The van der Waals surface area contributed by atoms with Crippen LogP contribution < -0.4 is 0 Å². The van der Waals surface area contributed by atoms with Gasteiger partial charge in [-0.25, -0.2) is 0 Å². The van der Waals surface area contributed by atoms with Crippen molar-refractivity contribution in [3.05, 3.63) is 30.1 Å². The van der Waals surface area contributed by atoms with Crippen LogP contribution in [-0.2, 0) is 11.3 Å². The Morgan fingerprint density at radius 3 is 2.78 bits per heavy atom. The van der Waals surface area contributed by atoms with Crippen molar-refractivity contribution >= 4 is 0 Å². The molecule has 1 aliphatic carbocycles. The van der Waals surface area contributed by atoms with E-state index in [1.165, 1.54) is 44.3 Å². The molecule has 1 aromatic heterocycles. The fourth-order valence-electron chi connectivity index (χ4n) is 3.42. The second kappa shape index (κ2) is 4.98. The Kier molecular flexibility index (Phi) is 3.35. The van der Waals surface area contributed by atoms with Gasteiger partial charge in [-0.15, -0.1) is 0 Å². The Morgan fingerprint density at radius 1 is 1.39 bits per heavy atom. The molecule has 1 aromatic rings. The number of pyridine rings is 1. The van der Waals surface area contributed by atoms with Crippen molar-refractivity contribution in [1.82, 2.24) is 9.88 Å². The molecule has 3 heteroatoms. The van der Waals surface area contributed by atoms with Gasteiger partial charge in [0.15, 0.2) is 0 Å². The largest absolute Gasteiger partial charge is 0.381 e. The van der Waals surface area contributed by atoms with Crippen LogP contribution in [0.15, 0.2) is 24.5 Å². The van der Waals surface area contributed by atoms with Gasteiger partial charge >= 0.3 is 0 Å². The molecule has 98 valence electrons. The van der Waals surface area contributed by atoms with Crippen molar-refractivity contribution in [1.29, 1.82) is 0 Å². The van der Waals surface area contributed by atoms with Gasteiger partial charge in [0.25, 0.3) is 0 Å². The smallest absolute Gasteiger partial charge is 0.0582 e. The maximum Gasteiger partial charge on any atom is 0.0582 e. The van der Waals surface area contributed by atoms with Gasteiger partial charge in [-0.05, 0) is 55.8 Å². The van der Waals surface area contributed by atoms with Crippen LogP contribution in [0.3, 0.4) is 0 Å². The molecule has 2 heterocycles. The Hall–Kier alpha value is -0.930. The van der Waals surface area contributed by atoms with Gasteiger partial charge in [0.2, 0.25) is 0 Å². The summed E-state index contributed by atoms with van der Waals surface area (Å²) < 4.78 is 5.41. The Balaban J connectivity index is 1.49. The van der Waals surface area contributed by atoms with Crippen molar-refractivity contribution in [2.24, 2.45) is 5.41 Å². The van der Waals surface area contributed by atoms with Crippen LogP contribution in [0, 0.1) is 5.41 Å². The quantitative estimate of drug-likeness (QED) is 0.819. The summed E-state index contributed by atoms with van der Waals surface area (Å²) in [5.41, 5.74) is 1.95. The third-order valence-corrected chi connectivity index (χ3v) is 4.70. The van der Waals surface area contributed by atoms with Gasteiger partial charge in [-0.1, -0.05) is 6.07 Å². The van der Waals surface area contributed by atoms with E-state index in [1.54, 1.807) is 0 Å². The van der Waals surface area contributed by atoms with E-state index in [9.17, 15) is 0 Å². The predicted octanol–water partition coefficient (Wildman–Crippen LogP) is 2.47. The van der Waals surface area contributed by atoms with Crippen LogP contribution in [0.25, 0.3) is 0 Å². The molecule has 0 N–H and O–H groups in total. The molecular formula is C15H22N2O. The number of hydrogen-bond acceptors (Lipinski definition) is 3. The molecule has 1 spiro atoms. The first-order valence-electron chi connectivity index (χ1n) is 6.94. The minimum absolute atomic E-state index is 0.537. The lowest BCUT2D eigenvalue weighted by Gasteiger charge is -2.51. The van der Waals surface area contributed by atoms with E-state index in [0.29, 0.717) is 11.5 Å². The molecular weight excluding hydrogens is 224 g/mol. The molecule has 3 nitrogen and oxygen atoms in total. The van der Waals surface area contributed by atoms with Gasteiger partial charge in [0.05, 0.1) is 6.10 Å². The van der Waals surface area contributed by atoms with E-state index >= 15 is 0 Å². The van der Waals surface area contributed by atoms with Crippen molar-refractivity contribution in [3.8, 4) is 0 Å². The van der Waals surface area contributed by atoms with Crippen LogP contribution in [-0.4, -0.2) is 36.2 Å². The maximum atomic E-state index is 5.41. The number of rotatable bonds is 3. The zero-order chi connectivity index (χ0) is 12.4. The zero-order valence-corrected chi connectivity index (χ0v) is 11.1. The highest BCUT2D eigenvalue weighted by Crippen LogP contribution is 2.50. The monoisotopic (exact) mass is 246 g/mol. The second-order valence-electron chi connectivity index (χ2n) is 5.90. The van der Waals surface area contributed by atoms with Gasteiger partial charge in [-0.2, -0.15) is 0 Å². The van der Waals surface area contributed by atoms with Crippen LogP contribution in [0.1, 0.15) is 31.2 Å². The first kappa shape index (κ1) is 12.1. The van der Waals surface area contributed by atoms with E-state index in [4.69, 9.17) is 4.74 Å². The molecule has 0 unspecified atom stereocenters. The number of nitrogens with zero attached hydrogens (tertiary/aromatic N) is 2. The average molecular weight is 246 g/mol. The first-order valence-corrected chi connectivity index (χ1v) is 6.94. The maximum absolute atomic E-state index is 5.41. The number of aromatic nitrogens is 1. The number of ether oxygens (including phenoxy) is 1. The zero-order valence-electron chi connectivity index (χ0n) is 11.1. The lowest BCUT2D eigenvalue weighted by molar-refractivity contribution is -0.0885. The summed E-state index contributed by atoms with van der Waals surface area (Å²) in [6, 6.07) is 4.19. The fourth-order valence-corrected chi connectivity index (χ4v) is 3.42. The van der Waals surface area contributed by atoms with E-state index in [0.717, 1.165) is 6.54 Å². The highest BCUT2D eigenvalue weighted by molar-refractivity contribution is 5.08. The van der Waals surface area contributed by atoms with E-state index in [-0.39, 0.29) is 0 Å². The van der Waals surface area contributed by atoms with E-state index < -0.39 is 0 Å². The molecule has 0 atom stereocenters. The summed E-state index contributed by atoms with van der Waals surface area (Å²) >= 11 is 0. The molecule has 1 saturated heterocycles. The molecule has 0 bridgehead atoms. The molecule has 0 radical (unpaired) electrons. The highest BCUT2D eigenvalue weighted by atomic mass is 16.5. The molecule has 18 heavy (non-hydrogen) atoms. The summed E-state index contributed by atoms with van der Waals surface area (Å²) in [4.78, 5) is 6.74. The lowest BCUT2D eigenvalue weighted by atomic mass is 9.61. The third kappa shape index (κ3) is 2.43. The number of hydrogen-bond donors (Lipinski definition) is 0. The Morgan fingerprint density at radius 2 is 2.17 bits per heavy atom. The van der Waals surface area contributed by atoms with Crippen LogP contribution in [0.2, 0.25) is 0 Å². The first-order chi connectivity index (χ1) is 8.80. The van der Waals surface area contributed by atoms with Gasteiger partial charge in [0.1, 0.15) is 0 Å². The lowest BCUT2D eigenvalue weighted by Crippen LogP contribution is -2.49. The number of methoxy groups -OCH3 is 1. The fraction of sp³-hybridized carbons (Fsp3) is 0.667. The summed E-state index contributed by atoms with van der Waals surface area (Å²) in [6.45, 7) is 3.51. The van der Waals surface area contributed by atoms with E-state index in [1.807, 2.05) is 25.6 Å². The van der Waals surface area contributed by atoms with Crippen molar-refractivity contribution in [2.75, 3.05) is 20.2 Å². The highest BCUT2D eigenvalue weighted by Gasteiger charge is 2.45. The SMILES string of the molecule is COC1CC2(CCN(Cc3cccnc3)CC2)C1. The average Bonchev–Trinajstić information content (AvgIpc) is 2.38. The Labute approximate surface area is 109 Å². The molecule has 2 aliphatic rings. The van der Waals surface area contributed by atoms with Gasteiger partial charge < -0.3 is 4.74 Å². The topological polar surface area (TPSA) is 25.4 Å². The summed E-state index contributed by atoms with van der Waals surface area (Å²) in [6.07, 6.45) is 9.60.